The molecule has 3 aliphatic heterocycles. The highest BCUT2D eigenvalue weighted by molar-refractivity contribution is 5.67. The highest BCUT2D eigenvalue weighted by Crippen LogP contribution is 2.52. The van der Waals surface area contributed by atoms with Gasteiger partial charge in [0, 0.05) is 36.8 Å². The monoisotopic (exact) mass is 421 g/mol. The van der Waals surface area contributed by atoms with Crippen LogP contribution >= 0.6 is 0 Å². The molecule has 0 aromatic heterocycles. The Hall–Kier alpha value is -2.47. The molecule has 6 nitrogen and oxygen atoms in total. The summed E-state index contributed by atoms with van der Waals surface area (Å²) >= 11 is 0. The van der Waals surface area contributed by atoms with E-state index in [9.17, 15) is 4.79 Å². The molecule has 1 aromatic rings. The zero-order valence-corrected chi connectivity index (χ0v) is 18.4. The van der Waals surface area contributed by atoms with E-state index >= 15 is 0 Å². The topological polar surface area (TPSA) is 44.8 Å². The lowest BCUT2D eigenvalue weighted by Crippen LogP contribution is -2.61. The number of hydrazine groups is 1. The Balaban J connectivity index is 1.54. The zero-order chi connectivity index (χ0) is 21.0. The third-order valence-electron chi connectivity index (χ3n) is 8.49. The smallest absolute Gasteiger partial charge is 0.430 e. The number of rotatable bonds is 1. The third kappa shape index (κ3) is 2.77. The number of fused-ring (bicyclic) bond motifs is 7. The summed E-state index contributed by atoms with van der Waals surface area (Å²) in [4.78, 5) is 14.8. The van der Waals surface area contributed by atoms with Gasteiger partial charge in [-0.25, -0.2) is 4.79 Å². The molecule has 4 atom stereocenters. The molecule has 0 spiro atoms. The van der Waals surface area contributed by atoms with Crippen LogP contribution in [-0.4, -0.2) is 47.9 Å². The summed E-state index contributed by atoms with van der Waals surface area (Å²) in [5.41, 5.74) is 6.43. The summed E-state index contributed by atoms with van der Waals surface area (Å²) in [7, 11) is 1.46. The van der Waals surface area contributed by atoms with Crippen molar-refractivity contribution in [2.75, 3.05) is 13.8 Å². The first kappa shape index (κ1) is 19.2. The van der Waals surface area contributed by atoms with E-state index in [1.807, 2.05) is 0 Å². The van der Waals surface area contributed by atoms with Gasteiger partial charge >= 0.3 is 6.09 Å². The van der Waals surface area contributed by atoms with E-state index in [1.54, 1.807) is 5.01 Å². The molecule has 1 aromatic carbocycles. The number of amides is 1. The lowest BCUT2D eigenvalue weighted by Gasteiger charge is -2.47. The van der Waals surface area contributed by atoms with E-state index in [-0.39, 0.29) is 6.09 Å². The molecule has 0 radical (unpaired) electrons. The van der Waals surface area contributed by atoms with Crippen molar-refractivity contribution in [1.82, 2.24) is 19.8 Å². The van der Waals surface area contributed by atoms with Crippen LogP contribution in [0.15, 0.2) is 48.4 Å². The molecule has 1 amide bonds. The van der Waals surface area contributed by atoms with Crippen molar-refractivity contribution in [1.29, 1.82) is 0 Å². The molecule has 6 rings (SSSR count). The Labute approximate surface area is 184 Å². The van der Waals surface area contributed by atoms with Gasteiger partial charge < -0.3 is 9.64 Å². The average molecular weight is 422 g/mol. The van der Waals surface area contributed by atoms with Gasteiger partial charge in [0.25, 0.3) is 0 Å². The summed E-state index contributed by atoms with van der Waals surface area (Å²) in [6, 6.07) is 10.7. The maximum Gasteiger partial charge on any atom is 0.430 e. The van der Waals surface area contributed by atoms with E-state index in [0.29, 0.717) is 30.7 Å². The second-order valence-electron chi connectivity index (χ2n) is 9.84. The van der Waals surface area contributed by atoms with Gasteiger partial charge in [0.1, 0.15) is 24.6 Å². The normalized spacial score (nSPS) is 34.1. The molecule has 164 valence electrons. The van der Waals surface area contributed by atoms with E-state index < -0.39 is 0 Å². The van der Waals surface area contributed by atoms with E-state index in [1.165, 1.54) is 50.5 Å². The van der Waals surface area contributed by atoms with Crippen LogP contribution in [0.5, 0.6) is 0 Å². The van der Waals surface area contributed by atoms with Gasteiger partial charge in [-0.2, -0.15) is 5.01 Å². The molecule has 2 fully saturated rings. The molecule has 6 heteroatoms. The molecule has 5 aliphatic rings. The number of nitrogens with one attached hydrogen (secondary N) is 1. The quantitative estimate of drug-likeness (QED) is 0.544. The minimum atomic E-state index is -0.320. The predicted octanol–water partition coefficient (Wildman–Crippen LogP) is 4.24. The summed E-state index contributed by atoms with van der Waals surface area (Å²) < 4.78 is 6.00. The van der Waals surface area contributed by atoms with Crippen LogP contribution in [0, 0.1) is 5.92 Å². The number of carbonyl (C=O) groups excluding carboxylic acids is 1. The van der Waals surface area contributed by atoms with Gasteiger partial charge in [0.2, 0.25) is 0 Å². The Morgan fingerprint density at radius 2 is 1.94 bits per heavy atom. The fraction of sp³-hybridized carbons (Fsp3) is 0.560. The fourth-order valence-corrected chi connectivity index (χ4v) is 7.19. The van der Waals surface area contributed by atoms with Crippen LogP contribution in [0.1, 0.15) is 50.5 Å². The van der Waals surface area contributed by atoms with Gasteiger partial charge in [-0.1, -0.05) is 36.8 Å². The first-order valence-electron chi connectivity index (χ1n) is 12.0. The number of benzene rings is 1. The highest BCUT2D eigenvalue weighted by atomic mass is 16.5. The molecule has 2 aliphatic carbocycles. The van der Waals surface area contributed by atoms with Crippen LogP contribution in [0.25, 0.3) is 0 Å². The van der Waals surface area contributed by atoms with Crippen molar-refractivity contribution in [2.45, 2.75) is 69.5 Å². The number of para-hydroxylation sites is 1. The van der Waals surface area contributed by atoms with Gasteiger partial charge in [0.15, 0.2) is 5.82 Å². The van der Waals surface area contributed by atoms with Crippen molar-refractivity contribution in [3.8, 4) is 0 Å². The first-order valence-corrected chi connectivity index (χ1v) is 12.0. The molecule has 1 N–H and O–H groups in total. The molecule has 31 heavy (non-hydrogen) atoms. The number of quaternary nitrogens is 1. The standard InChI is InChI=1S/C25H33N4O2/c1-31-25(30)28-17-27-21-13-7-6-12-20(21)23-15-18-9-5-8-14-22(18)29(23,16-24(27)26-28)19-10-3-2-4-11-19/h5-9,14,16,19-21,23,26H,2-4,10-13,15,17H2,1H3/q+1. The Bertz CT molecular complexity index is 937. The van der Waals surface area contributed by atoms with Crippen molar-refractivity contribution in [3.63, 3.8) is 0 Å². The predicted molar refractivity (Wildman–Crippen MR) is 120 cm³/mol. The summed E-state index contributed by atoms with van der Waals surface area (Å²) in [6.45, 7) is 0.548. The number of allylic oxidation sites excluding steroid dienone is 1. The van der Waals surface area contributed by atoms with Crippen molar-refractivity contribution in [2.24, 2.45) is 5.92 Å². The van der Waals surface area contributed by atoms with E-state index in [0.717, 1.165) is 29.6 Å². The third-order valence-corrected chi connectivity index (χ3v) is 8.49. The summed E-state index contributed by atoms with van der Waals surface area (Å²) in [6.07, 6.45) is 16.8. The van der Waals surface area contributed by atoms with Crippen LogP contribution in [0.4, 0.5) is 10.5 Å². The van der Waals surface area contributed by atoms with Crippen molar-refractivity contribution < 1.29 is 9.53 Å². The van der Waals surface area contributed by atoms with Gasteiger partial charge in [-0.05, 0) is 31.7 Å². The molecule has 3 heterocycles. The summed E-state index contributed by atoms with van der Waals surface area (Å²) in [5, 5.41) is 1.63. The van der Waals surface area contributed by atoms with Gasteiger partial charge in [-0.15, -0.1) is 0 Å². The molecule has 1 saturated heterocycles. The van der Waals surface area contributed by atoms with Crippen LogP contribution < -0.4 is 9.91 Å². The van der Waals surface area contributed by atoms with Gasteiger partial charge in [-0.3, -0.25) is 9.91 Å². The molecule has 0 bridgehead atoms. The largest absolute Gasteiger partial charge is 0.451 e. The van der Waals surface area contributed by atoms with Crippen LogP contribution in [0.3, 0.4) is 0 Å². The second kappa shape index (κ2) is 7.30. The molecular formula is C25H33N4O2+. The SMILES string of the molecule is COC(=O)N1CN2C(=C[N+]3(C4CCCCC4)c4ccccc4CC3C3CC=CCC32)N1. The number of methoxy groups -OCH3 is 1. The maximum absolute atomic E-state index is 12.4. The lowest BCUT2D eigenvalue weighted by molar-refractivity contribution is 0.0808. The van der Waals surface area contributed by atoms with Gasteiger partial charge in [0.05, 0.1) is 13.2 Å². The Kier molecular flexibility index (Phi) is 4.53. The van der Waals surface area contributed by atoms with Crippen molar-refractivity contribution >= 4 is 11.8 Å². The average Bonchev–Trinajstić information content (AvgIpc) is 3.37. The highest BCUT2D eigenvalue weighted by Gasteiger charge is 2.58. The molecule has 4 unspecified atom stereocenters. The number of ether oxygens (including phenoxy) is 1. The fourth-order valence-electron chi connectivity index (χ4n) is 7.19. The minimum Gasteiger partial charge on any atom is -0.451 e. The number of nitrogens with zero attached hydrogens (tertiary/aromatic N) is 3. The number of hydrogen-bond donors (Lipinski definition) is 1. The first-order chi connectivity index (χ1) is 15.2. The summed E-state index contributed by atoms with van der Waals surface area (Å²) in [5.74, 6) is 1.65. The number of carbonyl (C=O) groups is 1. The van der Waals surface area contributed by atoms with Crippen LogP contribution in [0.2, 0.25) is 0 Å². The van der Waals surface area contributed by atoms with Crippen molar-refractivity contribution in [3.05, 3.63) is 54.0 Å². The van der Waals surface area contributed by atoms with E-state index in [4.69, 9.17) is 4.74 Å². The zero-order valence-electron chi connectivity index (χ0n) is 18.4. The molecular weight excluding hydrogens is 388 g/mol. The number of hydrogen-bond acceptors (Lipinski definition) is 4. The second-order valence-corrected chi connectivity index (χ2v) is 9.84. The minimum absolute atomic E-state index is 0.320. The lowest BCUT2D eigenvalue weighted by atomic mass is 9.79. The Morgan fingerprint density at radius 3 is 2.77 bits per heavy atom. The Morgan fingerprint density at radius 1 is 1.13 bits per heavy atom. The van der Waals surface area contributed by atoms with E-state index in [2.05, 4.69) is 52.9 Å². The maximum atomic E-state index is 12.4. The van der Waals surface area contributed by atoms with Crippen LogP contribution in [-0.2, 0) is 11.2 Å². The molecule has 1 saturated carbocycles.